The molecule has 3 aromatic rings. The first kappa shape index (κ1) is 20.3. The van der Waals surface area contributed by atoms with Crippen molar-refractivity contribution in [3.63, 3.8) is 0 Å². The van der Waals surface area contributed by atoms with Crippen molar-refractivity contribution >= 4 is 21.6 Å². The summed E-state index contributed by atoms with van der Waals surface area (Å²) in [5.41, 5.74) is 2.00. The minimum Gasteiger partial charge on any atom is -0.322 e. The molecule has 4 rings (SSSR count). The fourth-order valence-electron chi connectivity index (χ4n) is 3.74. The number of anilines is 1. The van der Waals surface area contributed by atoms with Crippen LogP contribution in [0.2, 0.25) is 0 Å². The highest BCUT2D eigenvalue weighted by atomic mass is 32.2. The molecule has 0 bridgehead atoms. The predicted molar refractivity (Wildman–Crippen MR) is 116 cm³/mol. The Labute approximate surface area is 176 Å². The molecule has 2 aromatic carbocycles. The van der Waals surface area contributed by atoms with Crippen molar-refractivity contribution in [1.82, 2.24) is 9.29 Å². The molecule has 7 heteroatoms. The van der Waals surface area contributed by atoms with Crippen LogP contribution in [0.25, 0.3) is 0 Å². The molecular weight excluding hydrogens is 398 g/mol. The van der Waals surface area contributed by atoms with E-state index in [1.54, 1.807) is 65.2 Å². The molecule has 1 aromatic heterocycles. The largest absolute Gasteiger partial charge is 0.322 e. The van der Waals surface area contributed by atoms with E-state index < -0.39 is 10.0 Å². The highest BCUT2D eigenvalue weighted by molar-refractivity contribution is 7.89. The van der Waals surface area contributed by atoms with E-state index in [4.69, 9.17) is 0 Å². The second kappa shape index (κ2) is 8.77. The van der Waals surface area contributed by atoms with Crippen LogP contribution >= 0.6 is 0 Å². The Bertz CT molecular complexity index is 1100. The van der Waals surface area contributed by atoms with Crippen LogP contribution in [0.15, 0.2) is 84.0 Å². The Morgan fingerprint density at radius 1 is 0.967 bits per heavy atom. The van der Waals surface area contributed by atoms with E-state index in [0.29, 0.717) is 17.8 Å². The van der Waals surface area contributed by atoms with Crippen LogP contribution in [-0.2, 0) is 10.0 Å². The van der Waals surface area contributed by atoms with Gasteiger partial charge in [0.2, 0.25) is 10.0 Å². The van der Waals surface area contributed by atoms with Gasteiger partial charge < -0.3 is 5.32 Å². The van der Waals surface area contributed by atoms with E-state index in [2.05, 4.69) is 10.3 Å². The van der Waals surface area contributed by atoms with Crippen molar-refractivity contribution in [2.75, 3.05) is 11.9 Å². The van der Waals surface area contributed by atoms with Crippen molar-refractivity contribution in [3.05, 3.63) is 90.3 Å². The molecule has 1 atom stereocenters. The number of sulfonamides is 1. The molecule has 6 nitrogen and oxygen atoms in total. The van der Waals surface area contributed by atoms with Gasteiger partial charge in [-0.05, 0) is 60.9 Å². The number of nitrogens with one attached hydrogen (secondary N) is 1. The van der Waals surface area contributed by atoms with Crippen LogP contribution in [0, 0.1) is 0 Å². The monoisotopic (exact) mass is 421 g/mol. The Hall–Kier alpha value is -3.03. The topological polar surface area (TPSA) is 79.4 Å². The predicted octanol–water partition coefficient (Wildman–Crippen LogP) is 4.25. The van der Waals surface area contributed by atoms with Crippen molar-refractivity contribution in [2.24, 2.45) is 0 Å². The Kier molecular flexibility index (Phi) is 5.92. The smallest absolute Gasteiger partial charge is 0.255 e. The van der Waals surface area contributed by atoms with Gasteiger partial charge in [-0.25, -0.2) is 8.42 Å². The number of benzene rings is 2. The molecule has 0 aliphatic carbocycles. The van der Waals surface area contributed by atoms with Crippen molar-refractivity contribution in [1.29, 1.82) is 0 Å². The highest BCUT2D eigenvalue weighted by Crippen LogP contribution is 2.35. The van der Waals surface area contributed by atoms with Gasteiger partial charge in [-0.3, -0.25) is 9.78 Å². The van der Waals surface area contributed by atoms with Gasteiger partial charge in [-0.15, -0.1) is 0 Å². The molecule has 1 saturated heterocycles. The standard InChI is InChI=1S/C23H23N3O3S/c27-23(18-7-2-1-3-8-18)25-20-11-13-21(14-12-20)30(28,29)26-16-5-4-10-22(26)19-9-6-15-24-17-19/h1-3,6-9,11-15,17,22H,4-5,10,16H2,(H,25,27)/t22-/m1/s1. The van der Waals surface area contributed by atoms with E-state index in [9.17, 15) is 13.2 Å². The SMILES string of the molecule is O=C(Nc1ccc(S(=O)(=O)N2CCCC[C@@H]2c2cccnc2)cc1)c1ccccc1. The lowest BCUT2D eigenvalue weighted by molar-refractivity contribution is 0.102. The summed E-state index contributed by atoms with van der Waals surface area (Å²) in [6.07, 6.45) is 6.02. The van der Waals surface area contributed by atoms with Crippen LogP contribution in [-0.4, -0.2) is 30.2 Å². The molecule has 1 fully saturated rings. The molecule has 2 heterocycles. The van der Waals surface area contributed by atoms with Crippen LogP contribution in [0.3, 0.4) is 0 Å². The summed E-state index contributed by atoms with van der Waals surface area (Å²) in [6.45, 7) is 0.481. The second-order valence-corrected chi connectivity index (χ2v) is 9.15. The number of rotatable bonds is 5. The van der Waals surface area contributed by atoms with Gasteiger partial charge in [0, 0.05) is 30.2 Å². The summed E-state index contributed by atoms with van der Waals surface area (Å²) >= 11 is 0. The molecular formula is C23H23N3O3S. The highest BCUT2D eigenvalue weighted by Gasteiger charge is 2.34. The zero-order valence-electron chi connectivity index (χ0n) is 16.4. The lowest BCUT2D eigenvalue weighted by Crippen LogP contribution is -2.38. The van der Waals surface area contributed by atoms with Gasteiger partial charge in [0.05, 0.1) is 10.9 Å². The van der Waals surface area contributed by atoms with E-state index in [1.807, 2.05) is 18.2 Å². The number of hydrogen-bond acceptors (Lipinski definition) is 4. The van der Waals surface area contributed by atoms with Gasteiger partial charge in [0.1, 0.15) is 0 Å². The summed E-state index contributed by atoms with van der Waals surface area (Å²) in [5.74, 6) is -0.237. The fraction of sp³-hybridized carbons (Fsp3) is 0.217. The zero-order chi connectivity index (χ0) is 21.0. The lowest BCUT2D eigenvalue weighted by atomic mass is 9.99. The van der Waals surface area contributed by atoms with Gasteiger partial charge in [0.25, 0.3) is 5.91 Å². The molecule has 1 N–H and O–H groups in total. The first-order valence-electron chi connectivity index (χ1n) is 9.94. The molecule has 1 amide bonds. The molecule has 30 heavy (non-hydrogen) atoms. The number of aromatic nitrogens is 1. The molecule has 0 saturated carbocycles. The minimum atomic E-state index is -3.66. The minimum absolute atomic E-state index is 0.213. The summed E-state index contributed by atoms with van der Waals surface area (Å²) in [7, 11) is -3.66. The fourth-order valence-corrected chi connectivity index (χ4v) is 5.42. The normalized spacial score (nSPS) is 17.4. The van der Waals surface area contributed by atoms with Gasteiger partial charge in [-0.1, -0.05) is 30.7 Å². The van der Waals surface area contributed by atoms with E-state index in [-0.39, 0.29) is 16.8 Å². The van der Waals surface area contributed by atoms with Crippen molar-refractivity contribution < 1.29 is 13.2 Å². The number of amides is 1. The Morgan fingerprint density at radius 3 is 2.43 bits per heavy atom. The quantitative estimate of drug-likeness (QED) is 0.668. The molecule has 1 aliphatic heterocycles. The number of hydrogen-bond donors (Lipinski definition) is 1. The second-order valence-electron chi connectivity index (χ2n) is 7.26. The lowest BCUT2D eigenvalue weighted by Gasteiger charge is -2.34. The van der Waals surface area contributed by atoms with Gasteiger partial charge in [-0.2, -0.15) is 4.31 Å². The molecule has 1 aliphatic rings. The van der Waals surface area contributed by atoms with Gasteiger partial charge >= 0.3 is 0 Å². The maximum Gasteiger partial charge on any atom is 0.255 e. The maximum absolute atomic E-state index is 13.3. The summed E-state index contributed by atoms with van der Waals surface area (Å²) in [6, 6.07) is 18.8. The zero-order valence-corrected chi connectivity index (χ0v) is 17.3. The molecule has 0 unspecified atom stereocenters. The maximum atomic E-state index is 13.3. The van der Waals surface area contributed by atoms with Crippen molar-refractivity contribution in [3.8, 4) is 0 Å². The van der Waals surface area contributed by atoms with Crippen LogP contribution in [0.4, 0.5) is 5.69 Å². The molecule has 0 radical (unpaired) electrons. The van der Waals surface area contributed by atoms with Crippen molar-refractivity contribution in [2.45, 2.75) is 30.2 Å². The number of carbonyl (C=O) groups excluding carboxylic acids is 1. The number of carbonyl (C=O) groups is 1. The third kappa shape index (κ3) is 4.27. The van der Waals surface area contributed by atoms with Crippen LogP contribution in [0.5, 0.6) is 0 Å². The van der Waals surface area contributed by atoms with E-state index in [1.165, 1.54) is 0 Å². The van der Waals surface area contributed by atoms with Crippen LogP contribution < -0.4 is 5.32 Å². The third-order valence-electron chi connectivity index (χ3n) is 5.28. The van der Waals surface area contributed by atoms with E-state index >= 15 is 0 Å². The van der Waals surface area contributed by atoms with Gasteiger partial charge in [0.15, 0.2) is 0 Å². The summed E-state index contributed by atoms with van der Waals surface area (Å²) in [5, 5.41) is 2.80. The molecule has 0 spiro atoms. The summed E-state index contributed by atoms with van der Waals surface area (Å²) < 4.78 is 28.3. The average Bonchev–Trinajstić information content (AvgIpc) is 2.80. The Morgan fingerprint density at radius 2 is 1.73 bits per heavy atom. The first-order valence-corrected chi connectivity index (χ1v) is 11.4. The number of piperidine rings is 1. The number of pyridine rings is 1. The summed E-state index contributed by atoms with van der Waals surface area (Å²) in [4.78, 5) is 16.7. The Balaban J connectivity index is 1.54. The average molecular weight is 422 g/mol. The number of nitrogens with zero attached hydrogens (tertiary/aromatic N) is 2. The van der Waals surface area contributed by atoms with Crippen LogP contribution in [0.1, 0.15) is 41.2 Å². The first-order chi connectivity index (χ1) is 14.6. The third-order valence-corrected chi connectivity index (χ3v) is 7.20. The molecule has 154 valence electrons. The van der Waals surface area contributed by atoms with E-state index in [0.717, 1.165) is 24.8 Å².